The molecule has 0 atom stereocenters. The van der Waals surface area contributed by atoms with Crippen molar-refractivity contribution in [3.05, 3.63) is 53.6 Å². The normalized spacial score (nSPS) is 15.0. The predicted molar refractivity (Wildman–Crippen MR) is 108 cm³/mol. The van der Waals surface area contributed by atoms with Gasteiger partial charge in [-0.25, -0.2) is 13.1 Å². The minimum Gasteiger partial charge on any atom is -0.435 e. The van der Waals surface area contributed by atoms with E-state index in [1.54, 1.807) is 36.4 Å². The van der Waals surface area contributed by atoms with E-state index >= 15 is 0 Å². The van der Waals surface area contributed by atoms with Crippen LogP contribution in [0.4, 0.5) is 14.5 Å². The maximum Gasteiger partial charge on any atom is 0.387 e. The Balaban J connectivity index is 1.69. The second kappa shape index (κ2) is 9.51. The van der Waals surface area contributed by atoms with Crippen LogP contribution in [-0.4, -0.2) is 47.8 Å². The molecule has 0 aliphatic carbocycles. The molecule has 1 aliphatic rings. The quantitative estimate of drug-likeness (QED) is 0.680. The van der Waals surface area contributed by atoms with Gasteiger partial charge in [0.15, 0.2) is 0 Å². The Morgan fingerprint density at radius 2 is 1.90 bits per heavy atom. The number of piperazine rings is 1. The Bertz CT molecular complexity index is 932. The van der Waals surface area contributed by atoms with Gasteiger partial charge < -0.3 is 15.0 Å². The summed E-state index contributed by atoms with van der Waals surface area (Å²) in [4.78, 5) is 2.36. The summed E-state index contributed by atoms with van der Waals surface area (Å²) >= 11 is 0. The molecule has 0 saturated carbocycles. The van der Waals surface area contributed by atoms with Gasteiger partial charge >= 0.3 is 6.61 Å². The number of aryl methyl sites for hydroxylation is 1. The van der Waals surface area contributed by atoms with E-state index in [1.807, 2.05) is 6.92 Å². The van der Waals surface area contributed by atoms with Crippen LogP contribution in [0.15, 0.2) is 47.4 Å². The molecule has 0 bridgehead atoms. The molecule has 1 heterocycles. The molecular formula is C20H25F2N3O3S. The zero-order chi connectivity index (χ0) is 20.9. The fraction of sp³-hybridized carbons (Fsp3) is 0.400. The number of nitrogens with zero attached hydrogens (tertiary/aromatic N) is 1. The first kappa shape index (κ1) is 21.5. The molecule has 1 saturated heterocycles. The topological polar surface area (TPSA) is 70.7 Å². The molecule has 2 N–H and O–H groups in total. The first-order valence-corrected chi connectivity index (χ1v) is 10.9. The molecule has 0 amide bonds. The number of ether oxygens (including phenoxy) is 1. The van der Waals surface area contributed by atoms with Crippen LogP contribution >= 0.6 is 0 Å². The van der Waals surface area contributed by atoms with Crippen molar-refractivity contribution in [2.45, 2.75) is 24.9 Å². The number of hydrogen-bond donors (Lipinski definition) is 2. The number of anilines is 1. The van der Waals surface area contributed by atoms with Gasteiger partial charge in [-0.05, 0) is 42.7 Å². The van der Waals surface area contributed by atoms with Gasteiger partial charge in [0.1, 0.15) is 5.75 Å². The van der Waals surface area contributed by atoms with Crippen molar-refractivity contribution in [2.24, 2.45) is 0 Å². The van der Waals surface area contributed by atoms with Crippen molar-refractivity contribution < 1.29 is 21.9 Å². The summed E-state index contributed by atoms with van der Waals surface area (Å²) in [5, 5.41) is 3.28. The molecule has 9 heteroatoms. The van der Waals surface area contributed by atoms with Gasteiger partial charge in [0.25, 0.3) is 0 Å². The zero-order valence-corrected chi connectivity index (χ0v) is 17.0. The van der Waals surface area contributed by atoms with E-state index in [2.05, 4.69) is 19.7 Å². The fourth-order valence-corrected chi connectivity index (χ4v) is 4.38. The van der Waals surface area contributed by atoms with Crippen molar-refractivity contribution in [1.82, 2.24) is 10.0 Å². The van der Waals surface area contributed by atoms with E-state index in [4.69, 9.17) is 0 Å². The van der Waals surface area contributed by atoms with Crippen LogP contribution in [-0.2, 0) is 16.4 Å². The molecule has 0 unspecified atom stereocenters. The Hall–Kier alpha value is -2.23. The Kier molecular flexibility index (Phi) is 7.05. The first-order chi connectivity index (χ1) is 13.9. The third-order valence-electron chi connectivity index (χ3n) is 4.82. The molecular weight excluding hydrogens is 400 g/mol. The van der Waals surface area contributed by atoms with Gasteiger partial charge in [0.2, 0.25) is 10.0 Å². The van der Waals surface area contributed by atoms with E-state index in [0.717, 1.165) is 37.4 Å². The van der Waals surface area contributed by atoms with Crippen LogP contribution in [0.3, 0.4) is 0 Å². The lowest BCUT2D eigenvalue weighted by Crippen LogP contribution is -2.43. The van der Waals surface area contributed by atoms with Gasteiger partial charge in [-0.2, -0.15) is 8.78 Å². The molecule has 0 radical (unpaired) electrons. The van der Waals surface area contributed by atoms with Crippen LogP contribution in [0.5, 0.6) is 5.75 Å². The van der Waals surface area contributed by atoms with Gasteiger partial charge in [0.05, 0.1) is 4.90 Å². The van der Waals surface area contributed by atoms with E-state index in [-0.39, 0.29) is 23.6 Å². The van der Waals surface area contributed by atoms with E-state index in [9.17, 15) is 17.2 Å². The monoisotopic (exact) mass is 425 g/mol. The molecule has 6 nitrogen and oxygen atoms in total. The van der Waals surface area contributed by atoms with Crippen molar-refractivity contribution in [3.63, 3.8) is 0 Å². The maximum atomic E-state index is 12.7. The number of hydrogen-bond acceptors (Lipinski definition) is 5. The number of para-hydroxylation sites is 1. The molecule has 3 rings (SSSR count). The predicted octanol–water partition coefficient (Wildman–Crippen LogP) is 2.53. The number of sulfonamides is 1. The summed E-state index contributed by atoms with van der Waals surface area (Å²) in [6.07, 6.45) is 0.235. The SMILES string of the molecule is Cc1ccc(S(=O)(=O)NCCc2ccccc2OC(F)F)cc1N1CCNCC1. The third-order valence-corrected chi connectivity index (χ3v) is 6.28. The van der Waals surface area contributed by atoms with Gasteiger partial charge in [0, 0.05) is 38.4 Å². The first-order valence-electron chi connectivity index (χ1n) is 9.45. The standard InChI is InChI=1S/C20H25F2N3O3S/c1-15-6-7-17(14-18(15)25-12-10-23-11-13-25)29(26,27)24-9-8-16-4-2-3-5-19(16)28-20(21)22/h2-7,14,20,23-24H,8-13H2,1H3. The lowest BCUT2D eigenvalue weighted by molar-refractivity contribution is -0.0504. The Labute approximate surface area is 169 Å². The molecule has 2 aromatic carbocycles. The molecule has 1 aliphatic heterocycles. The summed E-state index contributed by atoms with van der Waals surface area (Å²) in [5.74, 6) is 0.0537. The number of nitrogens with one attached hydrogen (secondary N) is 2. The largest absolute Gasteiger partial charge is 0.435 e. The zero-order valence-electron chi connectivity index (χ0n) is 16.2. The highest BCUT2D eigenvalue weighted by Crippen LogP contribution is 2.25. The summed E-state index contributed by atoms with van der Waals surface area (Å²) in [6.45, 7) is 2.45. The average Bonchev–Trinajstić information content (AvgIpc) is 2.69. The van der Waals surface area contributed by atoms with Gasteiger partial charge in [-0.3, -0.25) is 0 Å². The summed E-state index contributed by atoms with van der Waals surface area (Å²) in [7, 11) is -3.73. The van der Waals surface area contributed by atoms with E-state index in [0.29, 0.717) is 5.56 Å². The van der Waals surface area contributed by atoms with Crippen LogP contribution in [0.1, 0.15) is 11.1 Å². The highest BCUT2D eigenvalue weighted by atomic mass is 32.2. The molecule has 0 aromatic heterocycles. The minimum atomic E-state index is -3.73. The summed E-state index contributed by atoms with van der Waals surface area (Å²) < 4.78 is 57.5. The molecule has 29 heavy (non-hydrogen) atoms. The fourth-order valence-electron chi connectivity index (χ4n) is 3.33. The van der Waals surface area contributed by atoms with Gasteiger partial charge in [-0.15, -0.1) is 0 Å². The molecule has 0 spiro atoms. The number of rotatable bonds is 8. The summed E-state index contributed by atoms with van der Waals surface area (Å²) in [5.41, 5.74) is 2.44. The molecule has 2 aromatic rings. The number of benzene rings is 2. The van der Waals surface area contributed by atoms with Crippen molar-refractivity contribution in [1.29, 1.82) is 0 Å². The highest BCUT2D eigenvalue weighted by Gasteiger charge is 2.19. The maximum absolute atomic E-state index is 12.7. The number of halogens is 2. The lowest BCUT2D eigenvalue weighted by atomic mass is 10.1. The second-order valence-electron chi connectivity index (χ2n) is 6.82. The molecule has 1 fully saturated rings. The minimum absolute atomic E-state index is 0.0537. The van der Waals surface area contributed by atoms with Crippen molar-refractivity contribution in [2.75, 3.05) is 37.6 Å². The van der Waals surface area contributed by atoms with Crippen LogP contribution in [0.25, 0.3) is 0 Å². The lowest BCUT2D eigenvalue weighted by Gasteiger charge is -2.31. The Morgan fingerprint density at radius 3 is 2.62 bits per heavy atom. The summed E-state index contributed by atoms with van der Waals surface area (Å²) in [6, 6.07) is 11.4. The highest BCUT2D eigenvalue weighted by molar-refractivity contribution is 7.89. The third kappa shape index (κ3) is 5.65. The smallest absolute Gasteiger partial charge is 0.387 e. The van der Waals surface area contributed by atoms with Crippen molar-refractivity contribution in [3.8, 4) is 5.75 Å². The van der Waals surface area contributed by atoms with Crippen LogP contribution < -0.4 is 19.7 Å². The van der Waals surface area contributed by atoms with E-state index < -0.39 is 16.6 Å². The van der Waals surface area contributed by atoms with Crippen LogP contribution in [0.2, 0.25) is 0 Å². The number of alkyl halides is 2. The van der Waals surface area contributed by atoms with Crippen molar-refractivity contribution >= 4 is 15.7 Å². The average molecular weight is 426 g/mol. The van der Waals surface area contributed by atoms with Crippen LogP contribution in [0, 0.1) is 6.92 Å². The Morgan fingerprint density at radius 1 is 1.17 bits per heavy atom. The van der Waals surface area contributed by atoms with Gasteiger partial charge in [-0.1, -0.05) is 24.3 Å². The van der Waals surface area contributed by atoms with E-state index in [1.165, 1.54) is 6.07 Å². The molecule has 158 valence electrons. The second-order valence-corrected chi connectivity index (χ2v) is 8.59.